The second-order valence-corrected chi connectivity index (χ2v) is 6.41. The van der Waals surface area contributed by atoms with Gasteiger partial charge in [0.2, 0.25) is 0 Å². The first kappa shape index (κ1) is 16.4. The maximum Gasteiger partial charge on any atom is 0.328 e. The normalized spacial score (nSPS) is 19.1. The van der Waals surface area contributed by atoms with Gasteiger partial charge in [-0.25, -0.2) is 4.79 Å². The van der Waals surface area contributed by atoms with E-state index in [1.807, 2.05) is 4.90 Å². The Morgan fingerprint density at radius 2 is 1.75 bits per heavy atom. The van der Waals surface area contributed by atoms with Gasteiger partial charge >= 0.3 is 6.03 Å². The van der Waals surface area contributed by atoms with Gasteiger partial charge in [0.1, 0.15) is 0 Å². The number of anilines is 1. The minimum Gasteiger partial charge on any atom is -0.295 e. The third kappa shape index (κ3) is 3.12. The van der Waals surface area contributed by atoms with Crippen molar-refractivity contribution in [1.82, 2.24) is 9.80 Å². The van der Waals surface area contributed by atoms with E-state index in [1.54, 1.807) is 17.0 Å². The van der Waals surface area contributed by atoms with Crippen molar-refractivity contribution in [2.24, 2.45) is 0 Å². The molecule has 0 atom stereocenters. The standard InChI is InChI=1S/C17H22N4O3/c1-13(2)18-9-3-4-16(12-18)20-11-10-19(17(20)22)14-5-7-15(8-6-14)21(23)24/h4-8,13H,3,9-12H2,1-2H3. The van der Waals surface area contributed by atoms with Crippen LogP contribution in [0.5, 0.6) is 0 Å². The van der Waals surface area contributed by atoms with Crippen LogP contribution in [0.1, 0.15) is 20.3 Å². The van der Waals surface area contributed by atoms with Gasteiger partial charge in [-0.05, 0) is 32.4 Å². The minimum atomic E-state index is -0.435. The average Bonchev–Trinajstić information content (AvgIpc) is 2.96. The third-order valence-electron chi connectivity index (χ3n) is 4.62. The van der Waals surface area contributed by atoms with Crippen molar-refractivity contribution in [3.63, 3.8) is 0 Å². The molecule has 2 aliphatic heterocycles. The number of non-ortho nitro benzene ring substituents is 1. The van der Waals surface area contributed by atoms with Crippen LogP contribution in [0.15, 0.2) is 36.0 Å². The quantitative estimate of drug-likeness (QED) is 0.629. The first-order valence-corrected chi connectivity index (χ1v) is 8.24. The number of nitro benzene ring substituents is 1. The highest BCUT2D eigenvalue weighted by atomic mass is 16.6. The Kier molecular flexibility index (Phi) is 4.53. The van der Waals surface area contributed by atoms with Crippen molar-refractivity contribution in [3.8, 4) is 0 Å². The fourth-order valence-electron chi connectivity index (χ4n) is 3.18. The molecule has 1 aromatic carbocycles. The number of nitrogens with zero attached hydrogens (tertiary/aromatic N) is 4. The monoisotopic (exact) mass is 330 g/mol. The van der Waals surface area contributed by atoms with Gasteiger partial charge in [-0.3, -0.25) is 24.8 Å². The third-order valence-corrected chi connectivity index (χ3v) is 4.62. The van der Waals surface area contributed by atoms with Crippen LogP contribution in [0.4, 0.5) is 16.2 Å². The number of urea groups is 1. The number of nitro groups is 1. The highest BCUT2D eigenvalue weighted by Gasteiger charge is 2.33. The second kappa shape index (κ2) is 6.60. The van der Waals surface area contributed by atoms with Gasteiger partial charge in [0.05, 0.1) is 4.92 Å². The van der Waals surface area contributed by atoms with Gasteiger partial charge in [-0.15, -0.1) is 0 Å². The molecule has 0 aromatic heterocycles. The molecule has 2 heterocycles. The molecule has 0 bridgehead atoms. The van der Waals surface area contributed by atoms with Crippen LogP contribution in [-0.4, -0.2) is 53.0 Å². The van der Waals surface area contributed by atoms with Gasteiger partial charge in [-0.1, -0.05) is 6.08 Å². The van der Waals surface area contributed by atoms with E-state index in [0.717, 1.165) is 25.2 Å². The highest BCUT2D eigenvalue weighted by Crippen LogP contribution is 2.26. The minimum absolute atomic E-state index is 0.0322. The molecule has 0 unspecified atom stereocenters. The van der Waals surface area contributed by atoms with E-state index in [2.05, 4.69) is 24.8 Å². The topological polar surface area (TPSA) is 69.9 Å². The van der Waals surface area contributed by atoms with Crippen LogP contribution < -0.4 is 4.90 Å². The fraction of sp³-hybridized carbons (Fsp3) is 0.471. The van der Waals surface area contributed by atoms with Crippen molar-refractivity contribution in [3.05, 3.63) is 46.2 Å². The van der Waals surface area contributed by atoms with Crippen LogP contribution in [-0.2, 0) is 0 Å². The molecule has 2 amide bonds. The van der Waals surface area contributed by atoms with Gasteiger partial charge in [-0.2, -0.15) is 0 Å². The lowest BCUT2D eigenvalue weighted by atomic mass is 10.1. The summed E-state index contributed by atoms with van der Waals surface area (Å²) in [7, 11) is 0. The molecule has 0 spiro atoms. The number of carbonyl (C=O) groups excluding carboxylic acids is 1. The Bertz CT molecular complexity index is 669. The lowest BCUT2D eigenvalue weighted by Crippen LogP contribution is -2.41. The summed E-state index contributed by atoms with van der Waals surface area (Å²) >= 11 is 0. The van der Waals surface area contributed by atoms with E-state index < -0.39 is 4.92 Å². The Morgan fingerprint density at radius 1 is 1.08 bits per heavy atom. The number of amides is 2. The SMILES string of the molecule is CC(C)N1CCC=C(N2CCN(c3ccc([N+](=O)[O-])cc3)C2=O)C1. The number of benzene rings is 1. The highest BCUT2D eigenvalue weighted by molar-refractivity contribution is 5.95. The first-order chi connectivity index (χ1) is 11.5. The summed E-state index contributed by atoms with van der Waals surface area (Å²) in [6, 6.07) is 6.54. The predicted octanol–water partition coefficient (Wildman–Crippen LogP) is 2.83. The second-order valence-electron chi connectivity index (χ2n) is 6.41. The molecular weight excluding hydrogens is 308 g/mol. The van der Waals surface area contributed by atoms with E-state index in [-0.39, 0.29) is 11.7 Å². The molecule has 0 aliphatic carbocycles. The summed E-state index contributed by atoms with van der Waals surface area (Å²) in [6.07, 6.45) is 3.10. The lowest BCUT2D eigenvalue weighted by molar-refractivity contribution is -0.384. The smallest absolute Gasteiger partial charge is 0.295 e. The van der Waals surface area contributed by atoms with Gasteiger partial charge in [0.15, 0.2) is 0 Å². The average molecular weight is 330 g/mol. The number of hydrogen-bond acceptors (Lipinski definition) is 4. The van der Waals surface area contributed by atoms with Gasteiger partial charge in [0, 0.05) is 55.7 Å². The molecule has 0 N–H and O–H groups in total. The lowest BCUT2D eigenvalue weighted by Gasteiger charge is -2.33. The van der Waals surface area contributed by atoms with Crippen LogP contribution in [0.2, 0.25) is 0 Å². The van der Waals surface area contributed by atoms with E-state index in [1.165, 1.54) is 12.1 Å². The molecule has 7 nitrogen and oxygen atoms in total. The maximum atomic E-state index is 12.8. The van der Waals surface area contributed by atoms with E-state index in [0.29, 0.717) is 24.8 Å². The molecule has 3 rings (SSSR count). The van der Waals surface area contributed by atoms with Crippen LogP contribution >= 0.6 is 0 Å². The van der Waals surface area contributed by atoms with Crippen molar-refractivity contribution in [2.45, 2.75) is 26.3 Å². The maximum absolute atomic E-state index is 12.8. The Morgan fingerprint density at radius 3 is 2.38 bits per heavy atom. The van der Waals surface area contributed by atoms with Crippen LogP contribution in [0, 0.1) is 10.1 Å². The van der Waals surface area contributed by atoms with Gasteiger partial charge < -0.3 is 0 Å². The fourth-order valence-corrected chi connectivity index (χ4v) is 3.18. The summed E-state index contributed by atoms with van der Waals surface area (Å²) < 4.78 is 0. The summed E-state index contributed by atoms with van der Waals surface area (Å²) in [5.41, 5.74) is 1.79. The predicted molar refractivity (Wildman–Crippen MR) is 92.0 cm³/mol. The molecule has 2 aliphatic rings. The molecular formula is C17H22N4O3. The van der Waals surface area contributed by atoms with E-state index in [9.17, 15) is 14.9 Å². The summed E-state index contributed by atoms with van der Waals surface area (Å²) in [6.45, 7) is 7.38. The van der Waals surface area contributed by atoms with Crippen molar-refractivity contribution in [1.29, 1.82) is 0 Å². The zero-order valence-corrected chi connectivity index (χ0v) is 14.0. The largest absolute Gasteiger partial charge is 0.328 e. The molecule has 1 fully saturated rings. The molecule has 7 heteroatoms. The van der Waals surface area contributed by atoms with Crippen molar-refractivity contribution in [2.75, 3.05) is 31.1 Å². The van der Waals surface area contributed by atoms with E-state index >= 15 is 0 Å². The zero-order chi connectivity index (χ0) is 17.3. The summed E-state index contributed by atoms with van der Waals surface area (Å²) in [5.74, 6) is 0. The first-order valence-electron chi connectivity index (χ1n) is 8.24. The number of hydrogen-bond donors (Lipinski definition) is 0. The molecule has 0 saturated carbocycles. The Hall–Kier alpha value is -2.41. The van der Waals surface area contributed by atoms with Crippen LogP contribution in [0.3, 0.4) is 0 Å². The zero-order valence-electron chi connectivity index (χ0n) is 14.0. The van der Waals surface area contributed by atoms with Gasteiger partial charge in [0.25, 0.3) is 5.69 Å². The molecule has 1 aromatic rings. The number of rotatable bonds is 4. The number of carbonyl (C=O) groups is 1. The van der Waals surface area contributed by atoms with E-state index in [4.69, 9.17) is 0 Å². The molecule has 24 heavy (non-hydrogen) atoms. The van der Waals surface area contributed by atoms with Crippen molar-refractivity contribution >= 4 is 17.4 Å². The molecule has 128 valence electrons. The molecule has 0 radical (unpaired) electrons. The molecule has 1 saturated heterocycles. The summed E-state index contributed by atoms with van der Waals surface area (Å²) in [5, 5.41) is 10.7. The summed E-state index contributed by atoms with van der Waals surface area (Å²) in [4.78, 5) is 28.9. The van der Waals surface area contributed by atoms with Crippen molar-refractivity contribution < 1.29 is 9.72 Å². The Balaban J connectivity index is 1.73. The Labute approximate surface area is 141 Å². The van der Waals surface area contributed by atoms with Crippen LogP contribution in [0.25, 0.3) is 0 Å².